The Labute approximate surface area is 121 Å². The first kappa shape index (κ1) is 14.7. The van der Waals surface area contributed by atoms with Crippen LogP contribution in [0.4, 0.5) is 5.95 Å². The molecular weight excluding hydrogens is 280 g/mol. The van der Waals surface area contributed by atoms with Gasteiger partial charge in [0.2, 0.25) is 11.9 Å². The Hall–Kier alpha value is -1.73. The van der Waals surface area contributed by atoms with Gasteiger partial charge in [0.15, 0.2) is 10.8 Å². The second-order valence-electron chi connectivity index (χ2n) is 5.66. The van der Waals surface area contributed by atoms with Gasteiger partial charge in [0.05, 0.1) is 6.33 Å². The molecule has 108 valence electrons. The number of nitrogens with two attached hydrogens (primary N) is 1. The third kappa shape index (κ3) is 3.23. The second-order valence-corrected chi connectivity index (χ2v) is 6.02. The van der Waals surface area contributed by atoms with E-state index in [9.17, 15) is 4.79 Å². The minimum Gasteiger partial charge on any atom is -0.341 e. The fourth-order valence-electron chi connectivity index (χ4n) is 1.54. The zero-order valence-corrected chi connectivity index (χ0v) is 12.3. The number of anilines is 1. The van der Waals surface area contributed by atoms with Gasteiger partial charge in [0.1, 0.15) is 5.52 Å². The lowest BCUT2D eigenvalue weighted by Gasteiger charge is -2.26. The number of carbonyl (C=O) groups is 1. The van der Waals surface area contributed by atoms with Crippen LogP contribution in [-0.4, -0.2) is 31.9 Å². The number of aromatic nitrogens is 4. The first-order valence-electron chi connectivity index (χ1n) is 6.19. The van der Waals surface area contributed by atoms with Crippen LogP contribution in [0.15, 0.2) is 6.33 Å². The van der Waals surface area contributed by atoms with Crippen LogP contribution in [0.25, 0.3) is 11.2 Å². The number of hydrogen-bond donors (Lipinski definition) is 3. The molecule has 0 spiro atoms. The van der Waals surface area contributed by atoms with Crippen LogP contribution in [-0.2, 0) is 4.79 Å². The molecule has 0 saturated heterocycles. The average Bonchev–Trinajstić information content (AvgIpc) is 2.75. The quantitative estimate of drug-likeness (QED) is 0.747. The molecule has 2 rings (SSSR count). The van der Waals surface area contributed by atoms with Crippen LogP contribution in [0.1, 0.15) is 27.2 Å². The summed E-state index contributed by atoms with van der Waals surface area (Å²) in [5, 5.41) is 2.80. The van der Waals surface area contributed by atoms with Crippen molar-refractivity contribution < 1.29 is 4.79 Å². The predicted molar refractivity (Wildman–Crippen MR) is 77.4 cm³/mol. The molecule has 1 amide bonds. The summed E-state index contributed by atoms with van der Waals surface area (Å²) in [5.41, 5.74) is 6.75. The van der Waals surface area contributed by atoms with Crippen molar-refractivity contribution in [2.75, 3.05) is 5.32 Å². The molecule has 1 atom stereocenters. The zero-order valence-electron chi connectivity index (χ0n) is 11.6. The molecule has 1 unspecified atom stereocenters. The van der Waals surface area contributed by atoms with E-state index in [1.807, 2.05) is 20.8 Å². The van der Waals surface area contributed by atoms with E-state index in [1.165, 1.54) is 6.33 Å². The molecule has 8 heteroatoms. The van der Waals surface area contributed by atoms with Crippen LogP contribution in [0, 0.1) is 5.41 Å². The molecule has 20 heavy (non-hydrogen) atoms. The number of nitrogens with one attached hydrogen (secondary N) is 2. The highest BCUT2D eigenvalue weighted by Crippen LogP contribution is 2.21. The number of H-pyrrole nitrogens is 1. The van der Waals surface area contributed by atoms with Crippen molar-refractivity contribution in [2.24, 2.45) is 11.1 Å². The van der Waals surface area contributed by atoms with E-state index in [1.54, 1.807) is 0 Å². The Morgan fingerprint density at radius 1 is 1.50 bits per heavy atom. The Morgan fingerprint density at radius 3 is 2.85 bits per heavy atom. The lowest BCUT2D eigenvalue weighted by Crippen LogP contribution is -2.38. The zero-order chi connectivity index (χ0) is 14.9. The highest BCUT2D eigenvalue weighted by Gasteiger charge is 2.23. The largest absolute Gasteiger partial charge is 0.341 e. The van der Waals surface area contributed by atoms with Crippen molar-refractivity contribution in [3.63, 3.8) is 0 Å². The average molecular weight is 297 g/mol. The molecule has 0 radical (unpaired) electrons. The molecule has 0 aliphatic carbocycles. The van der Waals surface area contributed by atoms with Crippen molar-refractivity contribution in [1.82, 2.24) is 19.9 Å². The highest BCUT2D eigenvalue weighted by molar-refractivity contribution is 6.33. The number of rotatable bonds is 3. The van der Waals surface area contributed by atoms with Gasteiger partial charge in [-0.2, -0.15) is 9.97 Å². The van der Waals surface area contributed by atoms with Crippen molar-refractivity contribution in [1.29, 1.82) is 0 Å². The van der Waals surface area contributed by atoms with Crippen molar-refractivity contribution >= 4 is 34.6 Å². The predicted octanol–water partition coefficient (Wildman–Crippen LogP) is 1.71. The van der Waals surface area contributed by atoms with Gasteiger partial charge < -0.3 is 10.7 Å². The SMILES string of the molecule is CC(C)(C)C(N)CC(=O)Nc1nc(Cl)c2[nH]cnc2n1. The summed E-state index contributed by atoms with van der Waals surface area (Å²) in [5.74, 6) is -0.126. The first-order valence-corrected chi connectivity index (χ1v) is 6.57. The number of fused-ring (bicyclic) bond motifs is 1. The maximum atomic E-state index is 11.9. The van der Waals surface area contributed by atoms with Crippen molar-refractivity contribution in [2.45, 2.75) is 33.2 Å². The van der Waals surface area contributed by atoms with Crippen molar-refractivity contribution in [3.8, 4) is 0 Å². The van der Waals surface area contributed by atoms with Gasteiger partial charge in [-0.1, -0.05) is 32.4 Å². The van der Waals surface area contributed by atoms with Crippen LogP contribution in [0.5, 0.6) is 0 Å². The van der Waals surface area contributed by atoms with Gasteiger partial charge in [-0.25, -0.2) is 4.98 Å². The summed E-state index contributed by atoms with van der Waals surface area (Å²) in [4.78, 5) is 26.8. The third-order valence-electron chi connectivity index (χ3n) is 3.01. The Kier molecular flexibility index (Phi) is 3.92. The van der Waals surface area contributed by atoms with E-state index in [2.05, 4.69) is 25.3 Å². The topological polar surface area (TPSA) is 110 Å². The van der Waals surface area contributed by atoms with Gasteiger partial charge in [0, 0.05) is 12.5 Å². The molecule has 0 saturated carbocycles. The Bertz CT molecular complexity index is 632. The number of carbonyl (C=O) groups excluding carboxylic acids is 1. The molecule has 2 aromatic heterocycles. The Balaban J connectivity index is 2.10. The lowest BCUT2D eigenvalue weighted by molar-refractivity contribution is -0.117. The number of imidazole rings is 1. The second kappa shape index (κ2) is 5.34. The molecule has 0 bridgehead atoms. The van der Waals surface area contributed by atoms with Gasteiger partial charge >= 0.3 is 0 Å². The molecule has 0 aromatic carbocycles. The molecule has 2 aromatic rings. The standard InChI is InChI=1S/C12H17ClN6O/c1-12(2,3)6(14)4-7(20)17-11-18-9(13)8-10(19-11)16-5-15-8/h5-6H,4,14H2,1-3H3,(H2,15,16,17,18,19,20). The fraction of sp³-hybridized carbons (Fsp3) is 0.500. The van der Waals surface area contributed by atoms with Gasteiger partial charge in [-0.05, 0) is 5.41 Å². The van der Waals surface area contributed by atoms with Gasteiger partial charge in [0.25, 0.3) is 0 Å². The number of aromatic amines is 1. The number of halogens is 1. The van der Waals surface area contributed by atoms with E-state index in [4.69, 9.17) is 17.3 Å². The molecule has 7 nitrogen and oxygen atoms in total. The summed E-state index contributed by atoms with van der Waals surface area (Å²) in [6, 6.07) is -0.257. The molecular formula is C12H17ClN6O. The van der Waals surface area contributed by atoms with Crippen LogP contribution in [0.3, 0.4) is 0 Å². The first-order chi connectivity index (χ1) is 9.27. The maximum absolute atomic E-state index is 11.9. The minimum absolute atomic E-state index is 0.126. The van der Waals surface area contributed by atoms with E-state index in [-0.39, 0.29) is 34.9 Å². The molecule has 0 aliphatic rings. The highest BCUT2D eigenvalue weighted by atomic mass is 35.5. The number of hydrogen-bond acceptors (Lipinski definition) is 5. The fourth-order valence-corrected chi connectivity index (χ4v) is 1.75. The number of nitrogens with zero attached hydrogens (tertiary/aromatic N) is 3. The van der Waals surface area contributed by atoms with E-state index in [0.29, 0.717) is 11.2 Å². The summed E-state index contributed by atoms with van der Waals surface area (Å²) < 4.78 is 0. The van der Waals surface area contributed by atoms with Crippen LogP contribution >= 0.6 is 11.6 Å². The molecule has 4 N–H and O–H groups in total. The van der Waals surface area contributed by atoms with Crippen LogP contribution in [0.2, 0.25) is 5.15 Å². The lowest BCUT2D eigenvalue weighted by atomic mass is 9.85. The summed E-state index contributed by atoms with van der Waals surface area (Å²) in [7, 11) is 0. The molecule has 2 heterocycles. The van der Waals surface area contributed by atoms with Crippen LogP contribution < -0.4 is 11.1 Å². The number of amides is 1. The monoisotopic (exact) mass is 296 g/mol. The summed E-state index contributed by atoms with van der Waals surface area (Å²) >= 11 is 5.97. The maximum Gasteiger partial charge on any atom is 0.233 e. The smallest absolute Gasteiger partial charge is 0.233 e. The summed E-state index contributed by atoms with van der Waals surface area (Å²) in [6.45, 7) is 5.94. The van der Waals surface area contributed by atoms with E-state index >= 15 is 0 Å². The summed E-state index contributed by atoms with van der Waals surface area (Å²) in [6.07, 6.45) is 1.65. The Morgan fingerprint density at radius 2 is 2.20 bits per heavy atom. The van der Waals surface area contributed by atoms with Gasteiger partial charge in [-0.3, -0.25) is 10.1 Å². The molecule has 0 fully saturated rings. The van der Waals surface area contributed by atoms with Gasteiger partial charge in [-0.15, -0.1) is 0 Å². The normalized spacial score (nSPS) is 13.4. The van der Waals surface area contributed by atoms with E-state index in [0.717, 1.165) is 0 Å². The third-order valence-corrected chi connectivity index (χ3v) is 3.28. The van der Waals surface area contributed by atoms with E-state index < -0.39 is 0 Å². The molecule has 0 aliphatic heterocycles. The van der Waals surface area contributed by atoms with Crippen molar-refractivity contribution in [3.05, 3.63) is 11.5 Å². The minimum atomic E-state index is -0.257.